The van der Waals surface area contributed by atoms with Crippen molar-refractivity contribution in [2.45, 2.75) is 39.4 Å². The van der Waals surface area contributed by atoms with Gasteiger partial charge in [-0.1, -0.05) is 0 Å². The number of rotatable bonds is 5. The maximum Gasteiger partial charge on any atom is -1.00 e. The zero-order chi connectivity index (χ0) is 19.9. The molecule has 0 aromatic heterocycles. The van der Waals surface area contributed by atoms with E-state index < -0.39 is 8.32 Å². The topological polar surface area (TPSA) is 9.23 Å². The van der Waals surface area contributed by atoms with Gasteiger partial charge in [-0.05, 0) is 0 Å². The van der Waals surface area contributed by atoms with E-state index in [2.05, 4.69) is 81.2 Å². The van der Waals surface area contributed by atoms with Crippen LogP contribution in [0.25, 0.3) is 14.9 Å². The van der Waals surface area contributed by atoms with Crippen LogP contribution in [0.4, 0.5) is 0 Å². The van der Waals surface area contributed by atoms with Crippen LogP contribution in [0.2, 0.25) is 19.6 Å². The van der Waals surface area contributed by atoms with Crippen LogP contribution in [0, 0.1) is 10.4 Å². The molecule has 1 nitrogen and oxygen atoms in total. The van der Waals surface area contributed by atoms with Crippen LogP contribution in [0.15, 0.2) is 54.1 Å². The van der Waals surface area contributed by atoms with Crippen LogP contribution in [-0.2, 0) is 29.1 Å². The summed E-state index contributed by atoms with van der Waals surface area (Å²) in [4.78, 5) is 0. The van der Waals surface area contributed by atoms with E-state index in [1.807, 2.05) is 0 Å². The van der Waals surface area contributed by atoms with Gasteiger partial charge in [-0.15, -0.1) is 0 Å². The average Bonchev–Trinajstić information content (AvgIpc) is 3.24. The molecule has 0 fully saturated rings. The molecule has 2 aromatic carbocycles. The number of fused-ring (bicyclic) bond motifs is 2. The first-order valence-corrected chi connectivity index (χ1v) is 14.7. The minimum absolute atomic E-state index is 0. The normalized spacial score (nSPS) is 15.1. The van der Waals surface area contributed by atoms with E-state index in [4.69, 9.17) is 4.43 Å². The van der Waals surface area contributed by atoms with E-state index in [0.29, 0.717) is 0 Å². The average molecular weight is 534 g/mol. The number of benzene rings is 2. The molecule has 0 bridgehead atoms. The van der Waals surface area contributed by atoms with Gasteiger partial charge in [-0.3, -0.25) is 0 Å². The van der Waals surface area contributed by atoms with Gasteiger partial charge in [0, 0.05) is 0 Å². The number of halogens is 2. The summed E-state index contributed by atoms with van der Waals surface area (Å²) in [5.74, 6) is 0. The molecule has 0 saturated carbocycles. The van der Waals surface area contributed by atoms with Crippen molar-refractivity contribution < 1.29 is 54.0 Å². The molecule has 0 amide bonds. The van der Waals surface area contributed by atoms with Crippen LogP contribution < -0.4 is 35.3 Å². The zero-order valence-corrected chi connectivity index (χ0v) is 23.0. The second kappa shape index (κ2) is 10.3. The van der Waals surface area contributed by atoms with E-state index in [0.717, 1.165) is 19.4 Å². The molecular weight excluding hydrogens is 506 g/mol. The van der Waals surface area contributed by atoms with Crippen LogP contribution in [0.5, 0.6) is 0 Å². The van der Waals surface area contributed by atoms with Gasteiger partial charge >= 0.3 is 185 Å². The molecule has 0 atom stereocenters. The maximum absolute atomic E-state index is 6.16. The van der Waals surface area contributed by atoms with Gasteiger partial charge in [-0.2, -0.15) is 0 Å². The van der Waals surface area contributed by atoms with Crippen molar-refractivity contribution in [2.75, 3.05) is 6.61 Å². The molecule has 155 valence electrons. The summed E-state index contributed by atoms with van der Waals surface area (Å²) in [6.45, 7) is 9.78. The van der Waals surface area contributed by atoms with Crippen LogP contribution in [0.1, 0.15) is 30.9 Å². The van der Waals surface area contributed by atoms with Crippen LogP contribution >= 0.6 is 0 Å². The molecule has 2 aliphatic carbocycles. The largest absolute Gasteiger partial charge is 1.00 e. The fraction of sp³-hybridized carbons (Fsp3) is 0.280. The SMILES string of the molecule is CC=c1ccc2c(c1C1=C(CCO[Si](C)(C)C)C=CC1)[C]([Zr+2])=c1ccccc1=2.[Cl-].[Cl-]. The molecule has 4 rings (SSSR count). The Kier molecular flexibility index (Phi) is 8.76. The Morgan fingerprint density at radius 2 is 1.67 bits per heavy atom. The van der Waals surface area contributed by atoms with Gasteiger partial charge in [0.1, 0.15) is 0 Å². The predicted octanol–water partition coefficient (Wildman–Crippen LogP) is -1.25. The summed E-state index contributed by atoms with van der Waals surface area (Å²) in [5.41, 5.74) is 5.87. The van der Waals surface area contributed by atoms with Crippen molar-refractivity contribution >= 4 is 23.2 Å². The van der Waals surface area contributed by atoms with Crippen molar-refractivity contribution in [1.29, 1.82) is 0 Å². The van der Waals surface area contributed by atoms with E-state index in [9.17, 15) is 0 Å². The number of hydrogen-bond donors (Lipinski definition) is 0. The summed E-state index contributed by atoms with van der Waals surface area (Å²) in [6, 6.07) is 13.5. The predicted molar refractivity (Wildman–Crippen MR) is 117 cm³/mol. The number of hydrogen-bond acceptors (Lipinski definition) is 1. The van der Waals surface area contributed by atoms with Gasteiger partial charge < -0.3 is 24.8 Å². The fourth-order valence-corrected chi connectivity index (χ4v) is 6.14. The molecule has 5 heteroatoms. The summed E-state index contributed by atoms with van der Waals surface area (Å²) in [7, 11) is -1.47. The smallest absolute Gasteiger partial charge is 1.00 e. The van der Waals surface area contributed by atoms with Gasteiger partial charge in [0.25, 0.3) is 0 Å². The molecule has 2 aliphatic rings. The van der Waals surface area contributed by atoms with E-state index in [-0.39, 0.29) is 24.8 Å². The first-order valence-electron chi connectivity index (χ1n) is 10.1. The third-order valence-electron chi connectivity index (χ3n) is 5.52. The van der Waals surface area contributed by atoms with Gasteiger partial charge in [0.15, 0.2) is 0 Å². The minimum atomic E-state index is -1.47. The maximum atomic E-state index is 6.16. The Hall–Kier alpha value is -0.700. The van der Waals surface area contributed by atoms with Crippen molar-refractivity contribution in [2.24, 2.45) is 0 Å². The molecular formula is C25H27Cl2OSiZr. The van der Waals surface area contributed by atoms with E-state index in [1.54, 1.807) is 0 Å². The van der Waals surface area contributed by atoms with Gasteiger partial charge in [-0.25, -0.2) is 0 Å². The third-order valence-corrected chi connectivity index (χ3v) is 7.87. The Morgan fingerprint density at radius 1 is 0.967 bits per heavy atom. The Bertz CT molecular complexity index is 1220. The minimum Gasteiger partial charge on any atom is -1.00 e. The first kappa shape index (κ1) is 25.6. The molecule has 0 saturated heterocycles. The Labute approximate surface area is 208 Å². The van der Waals surface area contributed by atoms with Gasteiger partial charge in [0.2, 0.25) is 0 Å². The molecule has 30 heavy (non-hydrogen) atoms. The second-order valence-corrected chi connectivity index (χ2v) is 14.2. The summed E-state index contributed by atoms with van der Waals surface area (Å²) < 4.78 is 7.65. The Balaban J connectivity index is 0.00000160. The van der Waals surface area contributed by atoms with Crippen LogP contribution in [-0.4, -0.2) is 14.9 Å². The Morgan fingerprint density at radius 3 is 2.33 bits per heavy atom. The fourth-order valence-electron chi connectivity index (χ4n) is 4.25. The standard InChI is InChI=1S/C25H27OSi.2ClH.Zr/c1-5-18-13-14-23-21-11-7-6-9-20(21)17-24(23)25(18)22-12-8-10-19(22)15-16-26-27(2,3)4;;;/h5-11,13-14H,12,15-16H2,1-4H3;2*1H;/q;;;+2/p-2. The molecule has 0 unspecified atom stereocenters. The van der Waals surface area contributed by atoms with E-state index in [1.165, 1.54) is 71.1 Å². The van der Waals surface area contributed by atoms with Crippen LogP contribution in [0.3, 0.4) is 0 Å². The molecule has 0 aliphatic heterocycles. The van der Waals surface area contributed by atoms with Crippen molar-refractivity contribution in [3.63, 3.8) is 0 Å². The first-order chi connectivity index (χ1) is 13.4. The monoisotopic (exact) mass is 531 g/mol. The summed E-state index contributed by atoms with van der Waals surface area (Å²) in [6.07, 6.45) is 8.94. The summed E-state index contributed by atoms with van der Waals surface area (Å²) >= 11 is 1.49. The van der Waals surface area contributed by atoms with Gasteiger partial charge in [0.05, 0.1) is 0 Å². The quantitative estimate of drug-likeness (QED) is 0.437. The van der Waals surface area contributed by atoms with Crippen molar-refractivity contribution in [3.05, 3.63) is 86.1 Å². The van der Waals surface area contributed by atoms with E-state index >= 15 is 0 Å². The second-order valence-electron chi connectivity index (χ2n) is 8.48. The third kappa shape index (κ3) is 4.87. The summed E-state index contributed by atoms with van der Waals surface area (Å²) in [5, 5.41) is 5.57. The molecule has 0 N–H and O–H groups in total. The molecule has 2 aromatic rings. The van der Waals surface area contributed by atoms with Crippen molar-refractivity contribution in [3.8, 4) is 0 Å². The molecule has 0 heterocycles. The number of allylic oxidation sites excluding steroid dienone is 3. The molecule has 0 spiro atoms. The zero-order valence-electron chi connectivity index (χ0n) is 18.0. The van der Waals surface area contributed by atoms with Crippen molar-refractivity contribution in [1.82, 2.24) is 0 Å². The molecule has 0 radical (unpaired) electrons.